The largest absolute Gasteiger partial charge is 0.494 e. The fraction of sp³-hybridized carbons (Fsp3) is 0.667. The minimum absolute atomic E-state index is 0.262. The van der Waals surface area contributed by atoms with E-state index in [1.54, 1.807) is 12.1 Å². The summed E-state index contributed by atoms with van der Waals surface area (Å²) in [6.45, 7) is 0.772. The van der Waals surface area contributed by atoms with E-state index in [0.29, 0.717) is 11.8 Å². The summed E-state index contributed by atoms with van der Waals surface area (Å²) in [4.78, 5) is 0. The second kappa shape index (κ2) is 5.28. The summed E-state index contributed by atoms with van der Waals surface area (Å²) in [5, 5.41) is 3.74. The summed E-state index contributed by atoms with van der Waals surface area (Å²) in [6, 6.07) is 5.94. The highest BCUT2D eigenvalue weighted by atomic mass is 19.1. The normalized spacial score (nSPS) is 37.0. The van der Waals surface area contributed by atoms with Gasteiger partial charge in [0.1, 0.15) is 0 Å². The lowest BCUT2D eigenvalue weighted by molar-refractivity contribution is -0.0142. The van der Waals surface area contributed by atoms with Gasteiger partial charge < -0.3 is 10.1 Å². The van der Waals surface area contributed by atoms with Crippen molar-refractivity contribution in [1.29, 1.82) is 0 Å². The molecule has 4 aliphatic rings. The van der Waals surface area contributed by atoms with Gasteiger partial charge in [-0.2, -0.15) is 0 Å². The van der Waals surface area contributed by atoms with Gasteiger partial charge in [-0.25, -0.2) is 4.39 Å². The van der Waals surface area contributed by atoms with Crippen LogP contribution in [0.5, 0.6) is 5.75 Å². The van der Waals surface area contributed by atoms with Crippen molar-refractivity contribution in [3.8, 4) is 5.75 Å². The number of methoxy groups -OCH3 is 1. The molecule has 5 rings (SSSR count). The number of rotatable bonds is 4. The van der Waals surface area contributed by atoms with Crippen LogP contribution in [0.25, 0.3) is 0 Å². The number of benzene rings is 1. The van der Waals surface area contributed by atoms with E-state index in [1.807, 2.05) is 6.07 Å². The van der Waals surface area contributed by atoms with Crippen molar-refractivity contribution in [2.45, 2.75) is 44.7 Å². The molecule has 2 nitrogen and oxygen atoms in total. The third kappa shape index (κ3) is 2.46. The molecule has 0 saturated heterocycles. The average molecular weight is 289 g/mol. The maximum absolute atomic E-state index is 13.8. The number of hydrogen-bond donors (Lipinski definition) is 1. The molecule has 1 N–H and O–H groups in total. The maximum atomic E-state index is 13.8. The molecule has 4 aliphatic carbocycles. The lowest BCUT2D eigenvalue weighted by Gasteiger charge is -2.54. The first-order valence-corrected chi connectivity index (χ1v) is 8.28. The molecule has 4 bridgehead atoms. The zero-order valence-corrected chi connectivity index (χ0v) is 12.6. The third-order valence-electron chi connectivity index (χ3n) is 5.98. The summed E-state index contributed by atoms with van der Waals surface area (Å²) in [6.07, 6.45) is 7.16. The van der Waals surface area contributed by atoms with Crippen molar-refractivity contribution in [2.24, 2.45) is 23.7 Å². The molecule has 0 atom stereocenters. The third-order valence-corrected chi connectivity index (χ3v) is 5.98. The fourth-order valence-corrected chi connectivity index (χ4v) is 5.31. The van der Waals surface area contributed by atoms with E-state index in [4.69, 9.17) is 4.74 Å². The molecule has 0 unspecified atom stereocenters. The Labute approximate surface area is 126 Å². The van der Waals surface area contributed by atoms with E-state index in [0.717, 1.165) is 35.8 Å². The topological polar surface area (TPSA) is 21.3 Å². The van der Waals surface area contributed by atoms with E-state index in [2.05, 4.69) is 5.32 Å². The Morgan fingerprint density at radius 3 is 2.33 bits per heavy atom. The lowest BCUT2D eigenvalue weighted by atomic mass is 9.54. The Morgan fingerprint density at radius 1 is 1.10 bits per heavy atom. The van der Waals surface area contributed by atoms with Crippen molar-refractivity contribution >= 4 is 0 Å². The first kappa shape index (κ1) is 13.6. The van der Waals surface area contributed by atoms with Gasteiger partial charge in [0.25, 0.3) is 0 Å². The van der Waals surface area contributed by atoms with Crippen molar-refractivity contribution in [1.82, 2.24) is 5.32 Å². The number of ether oxygens (including phenoxy) is 1. The van der Waals surface area contributed by atoms with E-state index in [1.165, 1.54) is 39.2 Å². The lowest BCUT2D eigenvalue weighted by Crippen LogP contribution is -2.54. The fourth-order valence-electron chi connectivity index (χ4n) is 5.31. The number of hydrogen-bond acceptors (Lipinski definition) is 2. The van der Waals surface area contributed by atoms with Gasteiger partial charge in [-0.05, 0) is 73.5 Å². The van der Waals surface area contributed by atoms with Crippen molar-refractivity contribution in [3.63, 3.8) is 0 Å². The second-order valence-corrected chi connectivity index (χ2v) is 7.31. The van der Waals surface area contributed by atoms with Crippen LogP contribution in [0.3, 0.4) is 0 Å². The second-order valence-electron chi connectivity index (χ2n) is 7.31. The Morgan fingerprint density at radius 2 is 1.76 bits per heavy atom. The molecule has 114 valence electrons. The van der Waals surface area contributed by atoms with Crippen LogP contribution in [0.2, 0.25) is 0 Å². The molecule has 0 amide bonds. The molecular formula is C18H24FNO. The molecular weight excluding hydrogens is 265 g/mol. The Bertz CT molecular complexity index is 502. The van der Waals surface area contributed by atoms with Gasteiger partial charge in [0.2, 0.25) is 0 Å². The van der Waals surface area contributed by atoms with Crippen LogP contribution in [0.15, 0.2) is 18.2 Å². The van der Waals surface area contributed by atoms with Crippen LogP contribution in [-0.2, 0) is 6.54 Å². The minimum atomic E-state index is -0.262. The summed E-state index contributed by atoms with van der Waals surface area (Å²) in [7, 11) is 1.50. The van der Waals surface area contributed by atoms with Crippen molar-refractivity contribution < 1.29 is 9.13 Å². The monoisotopic (exact) mass is 289 g/mol. The van der Waals surface area contributed by atoms with E-state index in [9.17, 15) is 4.39 Å². The maximum Gasteiger partial charge on any atom is 0.165 e. The van der Waals surface area contributed by atoms with Gasteiger partial charge in [-0.15, -0.1) is 0 Å². The van der Waals surface area contributed by atoms with Gasteiger partial charge in [-0.1, -0.05) is 6.07 Å². The summed E-state index contributed by atoms with van der Waals surface area (Å²) in [5.74, 6) is 3.80. The predicted molar refractivity (Wildman–Crippen MR) is 80.6 cm³/mol. The molecule has 0 spiro atoms. The molecule has 0 radical (unpaired) electrons. The highest BCUT2D eigenvalue weighted by Gasteiger charge is 2.47. The average Bonchev–Trinajstić information content (AvgIpc) is 2.46. The molecule has 0 aliphatic heterocycles. The molecule has 1 aromatic rings. The Hall–Kier alpha value is -1.09. The molecule has 21 heavy (non-hydrogen) atoms. The summed E-state index contributed by atoms with van der Waals surface area (Å²) < 4.78 is 18.7. The SMILES string of the molecule is COc1ccc(CNC2C3CC4CC(C3)CC2C4)cc1F. The van der Waals surface area contributed by atoms with Gasteiger partial charge >= 0.3 is 0 Å². The smallest absolute Gasteiger partial charge is 0.165 e. The molecule has 4 saturated carbocycles. The first-order valence-electron chi connectivity index (χ1n) is 8.28. The van der Waals surface area contributed by atoms with Crippen LogP contribution < -0.4 is 10.1 Å². The molecule has 3 heteroatoms. The predicted octanol–water partition coefficient (Wildman–Crippen LogP) is 3.75. The zero-order chi connectivity index (χ0) is 14.4. The highest BCUT2D eigenvalue weighted by Crippen LogP contribution is 2.53. The minimum Gasteiger partial charge on any atom is -0.494 e. The van der Waals surface area contributed by atoms with Gasteiger partial charge in [0.15, 0.2) is 11.6 Å². The quantitative estimate of drug-likeness (QED) is 0.911. The van der Waals surface area contributed by atoms with E-state index >= 15 is 0 Å². The van der Waals surface area contributed by atoms with E-state index in [-0.39, 0.29) is 5.82 Å². The van der Waals surface area contributed by atoms with Crippen LogP contribution in [0.1, 0.15) is 37.7 Å². The molecule has 4 fully saturated rings. The Kier molecular flexibility index (Phi) is 3.41. The van der Waals surface area contributed by atoms with E-state index < -0.39 is 0 Å². The molecule has 1 aromatic carbocycles. The zero-order valence-electron chi connectivity index (χ0n) is 12.6. The highest BCUT2D eigenvalue weighted by molar-refractivity contribution is 5.29. The summed E-state index contributed by atoms with van der Waals surface area (Å²) >= 11 is 0. The van der Waals surface area contributed by atoms with Gasteiger partial charge in [-0.3, -0.25) is 0 Å². The Balaban J connectivity index is 1.42. The summed E-state index contributed by atoms with van der Waals surface area (Å²) in [5.41, 5.74) is 1.02. The van der Waals surface area contributed by atoms with Crippen LogP contribution in [0, 0.1) is 29.5 Å². The molecule has 0 heterocycles. The number of nitrogens with one attached hydrogen (secondary N) is 1. The van der Waals surface area contributed by atoms with Crippen molar-refractivity contribution in [3.05, 3.63) is 29.6 Å². The van der Waals surface area contributed by atoms with Gasteiger partial charge in [0.05, 0.1) is 7.11 Å². The standard InChI is InChI=1S/C18H24FNO/c1-21-17-3-2-11(9-16(17)19)10-20-18-14-5-12-4-13(7-14)8-15(18)6-12/h2-3,9,12-15,18,20H,4-8,10H2,1H3. The van der Waals surface area contributed by atoms with Crippen LogP contribution >= 0.6 is 0 Å². The van der Waals surface area contributed by atoms with Crippen LogP contribution in [0.4, 0.5) is 4.39 Å². The van der Waals surface area contributed by atoms with Crippen LogP contribution in [-0.4, -0.2) is 13.2 Å². The first-order chi connectivity index (χ1) is 10.2. The van der Waals surface area contributed by atoms with Crippen molar-refractivity contribution in [2.75, 3.05) is 7.11 Å². The number of halogens is 1. The molecule has 0 aromatic heterocycles. The van der Waals surface area contributed by atoms with Gasteiger partial charge in [0, 0.05) is 12.6 Å².